The van der Waals surface area contributed by atoms with Crippen LogP contribution in [0.15, 0.2) is 36.9 Å². The van der Waals surface area contributed by atoms with E-state index in [1.165, 1.54) is 12.2 Å². The number of rotatable bonds is 3. The predicted molar refractivity (Wildman–Crippen MR) is 60.7 cm³/mol. The van der Waals surface area contributed by atoms with Crippen LogP contribution in [0.3, 0.4) is 0 Å². The first kappa shape index (κ1) is 11.0. The van der Waals surface area contributed by atoms with Gasteiger partial charge in [-0.1, -0.05) is 35.9 Å². The van der Waals surface area contributed by atoms with Gasteiger partial charge in [0.1, 0.15) is 0 Å². The quantitative estimate of drug-likeness (QED) is 0.718. The number of carbonyl (C=O) groups excluding carboxylic acids is 1. The van der Waals surface area contributed by atoms with Gasteiger partial charge < -0.3 is 0 Å². The van der Waals surface area contributed by atoms with Crippen LogP contribution in [0.1, 0.15) is 5.56 Å². The van der Waals surface area contributed by atoms with Crippen LogP contribution in [-0.2, 0) is 4.79 Å². The van der Waals surface area contributed by atoms with Crippen molar-refractivity contribution in [2.45, 2.75) is 0 Å². The monoisotopic (exact) mass is 226 g/mol. The van der Waals surface area contributed by atoms with Crippen molar-refractivity contribution in [1.29, 1.82) is 0 Å². The van der Waals surface area contributed by atoms with Crippen molar-refractivity contribution in [3.63, 3.8) is 0 Å². The Morgan fingerprint density at radius 1 is 1.21 bits per heavy atom. The highest BCUT2D eigenvalue weighted by Crippen LogP contribution is 2.19. The molecule has 0 saturated heterocycles. The summed E-state index contributed by atoms with van der Waals surface area (Å²) in [5, 5.41) is 1.09. The molecular formula is C11H8Cl2O. The molecule has 0 aliphatic heterocycles. The van der Waals surface area contributed by atoms with Crippen LogP contribution in [0.25, 0.3) is 6.08 Å². The van der Waals surface area contributed by atoms with Crippen LogP contribution in [0, 0.1) is 0 Å². The molecule has 1 aromatic carbocycles. The standard InChI is InChI=1S/C11H8Cl2O/c1-2-11(14)4-3-8-5-9(12)7-10(13)6-8/h2-7H,1H2/b4-3+. The Hall–Kier alpha value is -1.05. The number of hydrogen-bond donors (Lipinski definition) is 0. The maximum Gasteiger partial charge on any atom is 0.178 e. The van der Waals surface area contributed by atoms with Gasteiger partial charge in [-0.05, 0) is 35.9 Å². The molecule has 1 aromatic rings. The first-order chi connectivity index (χ1) is 6.61. The van der Waals surface area contributed by atoms with E-state index in [0.29, 0.717) is 10.0 Å². The first-order valence-electron chi connectivity index (χ1n) is 3.92. The van der Waals surface area contributed by atoms with Crippen LogP contribution in [0.2, 0.25) is 10.0 Å². The van der Waals surface area contributed by atoms with E-state index in [0.717, 1.165) is 5.56 Å². The van der Waals surface area contributed by atoms with Gasteiger partial charge in [0.05, 0.1) is 0 Å². The minimum Gasteiger partial charge on any atom is -0.290 e. The van der Waals surface area contributed by atoms with Gasteiger partial charge in [-0.2, -0.15) is 0 Å². The van der Waals surface area contributed by atoms with Crippen molar-refractivity contribution in [2.24, 2.45) is 0 Å². The van der Waals surface area contributed by atoms with Crippen LogP contribution in [0.4, 0.5) is 0 Å². The molecule has 0 spiro atoms. The topological polar surface area (TPSA) is 17.1 Å². The molecule has 0 heterocycles. The summed E-state index contributed by atoms with van der Waals surface area (Å²) in [5.41, 5.74) is 0.790. The van der Waals surface area contributed by atoms with Crippen molar-refractivity contribution in [2.75, 3.05) is 0 Å². The highest BCUT2D eigenvalue weighted by atomic mass is 35.5. The lowest BCUT2D eigenvalue weighted by Crippen LogP contribution is -1.82. The molecule has 0 N–H and O–H groups in total. The molecule has 1 rings (SSSR count). The number of benzene rings is 1. The van der Waals surface area contributed by atoms with Crippen LogP contribution >= 0.6 is 23.2 Å². The SMILES string of the molecule is C=CC(=O)/C=C/c1cc(Cl)cc(Cl)c1. The Morgan fingerprint density at radius 2 is 1.79 bits per heavy atom. The average molecular weight is 227 g/mol. The Bertz CT molecular complexity index is 374. The van der Waals surface area contributed by atoms with E-state index < -0.39 is 0 Å². The predicted octanol–water partition coefficient (Wildman–Crippen LogP) is 3.76. The molecule has 0 aliphatic rings. The molecule has 1 nitrogen and oxygen atoms in total. The number of ketones is 1. The Morgan fingerprint density at radius 3 is 2.29 bits per heavy atom. The summed E-state index contributed by atoms with van der Waals surface area (Å²) >= 11 is 11.6. The summed E-state index contributed by atoms with van der Waals surface area (Å²) < 4.78 is 0. The minimum atomic E-state index is -0.152. The van der Waals surface area contributed by atoms with Crippen LogP contribution in [-0.4, -0.2) is 5.78 Å². The zero-order chi connectivity index (χ0) is 10.6. The molecule has 0 aromatic heterocycles. The Labute approximate surface area is 92.6 Å². The Kier molecular flexibility index (Phi) is 3.93. The van der Waals surface area contributed by atoms with Crippen molar-refractivity contribution < 1.29 is 4.79 Å². The van der Waals surface area contributed by atoms with Crippen molar-refractivity contribution in [1.82, 2.24) is 0 Å². The molecule has 0 saturated carbocycles. The molecule has 14 heavy (non-hydrogen) atoms. The zero-order valence-electron chi connectivity index (χ0n) is 7.34. The van der Waals surface area contributed by atoms with E-state index in [-0.39, 0.29) is 5.78 Å². The lowest BCUT2D eigenvalue weighted by atomic mass is 10.2. The summed E-state index contributed by atoms with van der Waals surface area (Å²) in [6.07, 6.45) is 4.29. The smallest absolute Gasteiger partial charge is 0.178 e. The maximum absolute atomic E-state index is 10.9. The molecule has 0 aliphatic carbocycles. The van der Waals surface area contributed by atoms with E-state index in [1.54, 1.807) is 24.3 Å². The fourth-order valence-electron chi connectivity index (χ4n) is 0.918. The third-order valence-electron chi connectivity index (χ3n) is 1.53. The van der Waals surface area contributed by atoms with Gasteiger partial charge in [0.15, 0.2) is 5.78 Å². The molecule has 0 radical (unpaired) electrons. The Balaban J connectivity index is 2.91. The van der Waals surface area contributed by atoms with Gasteiger partial charge in [0.2, 0.25) is 0 Å². The molecule has 3 heteroatoms. The van der Waals surface area contributed by atoms with Crippen molar-refractivity contribution in [3.05, 3.63) is 52.5 Å². The molecule has 0 bridgehead atoms. The van der Waals surface area contributed by atoms with Gasteiger partial charge in [0.25, 0.3) is 0 Å². The van der Waals surface area contributed by atoms with Gasteiger partial charge in [-0.15, -0.1) is 0 Å². The second-order valence-corrected chi connectivity index (χ2v) is 3.52. The van der Waals surface area contributed by atoms with Crippen LogP contribution in [0.5, 0.6) is 0 Å². The van der Waals surface area contributed by atoms with Gasteiger partial charge in [0, 0.05) is 10.0 Å². The second kappa shape index (κ2) is 4.99. The van der Waals surface area contributed by atoms with Gasteiger partial charge in [-0.25, -0.2) is 0 Å². The highest BCUT2D eigenvalue weighted by molar-refractivity contribution is 6.34. The number of hydrogen-bond acceptors (Lipinski definition) is 1. The summed E-state index contributed by atoms with van der Waals surface area (Å²) in [7, 11) is 0. The third kappa shape index (κ3) is 3.36. The fraction of sp³-hybridized carbons (Fsp3) is 0. The second-order valence-electron chi connectivity index (χ2n) is 2.64. The van der Waals surface area contributed by atoms with E-state index >= 15 is 0 Å². The third-order valence-corrected chi connectivity index (χ3v) is 1.96. The van der Waals surface area contributed by atoms with E-state index in [9.17, 15) is 4.79 Å². The summed E-state index contributed by atoms with van der Waals surface area (Å²) in [6.45, 7) is 3.36. The normalized spacial score (nSPS) is 10.4. The van der Waals surface area contributed by atoms with Gasteiger partial charge in [-0.3, -0.25) is 4.79 Å². The van der Waals surface area contributed by atoms with Crippen molar-refractivity contribution in [3.8, 4) is 0 Å². The van der Waals surface area contributed by atoms with Crippen LogP contribution < -0.4 is 0 Å². The fourth-order valence-corrected chi connectivity index (χ4v) is 1.46. The average Bonchev–Trinajstić information content (AvgIpc) is 2.12. The molecule has 0 unspecified atom stereocenters. The van der Waals surface area contributed by atoms with Gasteiger partial charge >= 0.3 is 0 Å². The zero-order valence-corrected chi connectivity index (χ0v) is 8.85. The highest BCUT2D eigenvalue weighted by Gasteiger charge is 1.95. The molecule has 72 valence electrons. The van der Waals surface area contributed by atoms with E-state index in [1.807, 2.05) is 0 Å². The van der Waals surface area contributed by atoms with Crippen molar-refractivity contribution >= 4 is 35.1 Å². The maximum atomic E-state index is 10.9. The number of carbonyl (C=O) groups is 1. The summed E-state index contributed by atoms with van der Waals surface area (Å²) in [5.74, 6) is -0.152. The number of halogens is 2. The molecule has 0 fully saturated rings. The summed E-state index contributed by atoms with van der Waals surface area (Å²) in [4.78, 5) is 10.9. The first-order valence-corrected chi connectivity index (χ1v) is 4.68. The lowest BCUT2D eigenvalue weighted by molar-refractivity contribution is -0.110. The molecular weight excluding hydrogens is 219 g/mol. The molecule has 0 atom stereocenters. The van der Waals surface area contributed by atoms with E-state index in [2.05, 4.69) is 6.58 Å². The minimum absolute atomic E-state index is 0.152. The number of allylic oxidation sites excluding steroid dienone is 2. The van der Waals surface area contributed by atoms with E-state index in [4.69, 9.17) is 23.2 Å². The lowest BCUT2D eigenvalue weighted by Gasteiger charge is -1.96. The summed E-state index contributed by atoms with van der Waals surface area (Å²) in [6, 6.07) is 5.08. The molecule has 0 amide bonds. The largest absolute Gasteiger partial charge is 0.290 e.